The number of aliphatic carboxylic acids is 1. The molecule has 1 aliphatic heterocycles. The highest BCUT2D eigenvalue weighted by atomic mass is 19.4. The molecular weight excluding hydrogens is 482 g/mol. The summed E-state index contributed by atoms with van der Waals surface area (Å²) >= 11 is 0. The van der Waals surface area contributed by atoms with Crippen molar-refractivity contribution in [2.75, 3.05) is 27.2 Å². The number of carbonyl (C=O) groups is 2. The molecule has 4 rings (SSSR count). The van der Waals surface area contributed by atoms with E-state index < -0.39 is 12.1 Å². The number of benzene rings is 1. The van der Waals surface area contributed by atoms with Crippen LogP contribution in [-0.4, -0.2) is 80.7 Å². The predicted octanol–water partition coefficient (Wildman–Crippen LogP) is 3.70. The normalized spacial score (nSPS) is 15.6. The Hall–Kier alpha value is -3.80. The summed E-state index contributed by atoms with van der Waals surface area (Å²) in [7, 11) is 5.97. The van der Waals surface area contributed by atoms with Crippen LogP contribution in [0, 0.1) is 5.82 Å². The number of halogens is 4. The van der Waals surface area contributed by atoms with Crippen LogP contribution in [-0.2, 0) is 11.8 Å². The first-order chi connectivity index (χ1) is 16.9. The van der Waals surface area contributed by atoms with Crippen molar-refractivity contribution in [3.05, 3.63) is 60.4 Å². The molecule has 12 heteroatoms. The van der Waals surface area contributed by atoms with E-state index in [9.17, 15) is 22.4 Å². The lowest BCUT2D eigenvalue weighted by molar-refractivity contribution is -0.192. The third-order valence-corrected chi connectivity index (χ3v) is 5.72. The number of rotatable bonds is 4. The van der Waals surface area contributed by atoms with Crippen LogP contribution in [0.25, 0.3) is 22.5 Å². The van der Waals surface area contributed by atoms with E-state index in [1.807, 2.05) is 42.9 Å². The van der Waals surface area contributed by atoms with Crippen molar-refractivity contribution in [3.8, 4) is 22.5 Å². The van der Waals surface area contributed by atoms with Crippen LogP contribution in [0.4, 0.5) is 17.6 Å². The zero-order chi connectivity index (χ0) is 26.6. The van der Waals surface area contributed by atoms with E-state index in [2.05, 4.69) is 14.9 Å². The molecule has 1 atom stereocenters. The summed E-state index contributed by atoms with van der Waals surface area (Å²) in [4.78, 5) is 34.7. The van der Waals surface area contributed by atoms with Gasteiger partial charge in [-0.2, -0.15) is 13.2 Å². The van der Waals surface area contributed by atoms with Crippen molar-refractivity contribution < 1.29 is 32.3 Å². The van der Waals surface area contributed by atoms with Crippen LogP contribution >= 0.6 is 0 Å². The van der Waals surface area contributed by atoms with E-state index in [1.165, 1.54) is 12.1 Å². The molecule has 2 aromatic heterocycles. The highest BCUT2D eigenvalue weighted by Crippen LogP contribution is 2.25. The Kier molecular flexibility index (Phi) is 8.08. The van der Waals surface area contributed by atoms with E-state index in [1.54, 1.807) is 24.5 Å². The Labute approximate surface area is 204 Å². The molecule has 36 heavy (non-hydrogen) atoms. The van der Waals surface area contributed by atoms with Crippen molar-refractivity contribution in [2.45, 2.75) is 18.6 Å². The second-order valence-corrected chi connectivity index (χ2v) is 8.49. The Morgan fingerprint density at radius 2 is 1.72 bits per heavy atom. The fourth-order valence-electron chi connectivity index (χ4n) is 3.70. The third kappa shape index (κ3) is 6.45. The van der Waals surface area contributed by atoms with Gasteiger partial charge in [-0.3, -0.25) is 4.79 Å². The van der Waals surface area contributed by atoms with Gasteiger partial charge in [0.25, 0.3) is 5.91 Å². The smallest absolute Gasteiger partial charge is 0.475 e. The minimum absolute atomic E-state index is 0.0420. The predicted molar refractivity (Wildman–Crippen MR) is 124 cm³/mol. The Morgan fingerprint density at radius 1 is 1.08 bits per heavy atom. The highest BCUT2D eigenvalue weighted by Gasteiger charge is 2.38. The van der Waals surface area contributed by atoms with Gasteiger partial charge < -0.3 is 19.5 Å². The van der Waals surface area contributed by atoms with Gasteiger partial charge in [0, 0.05) is 61.5 Å². The number of aromatic nitrogens is 3. The Bertz CT molecular complexity index is 1230. The number of carboxylic acid groups (broad SMARTS) is 1. The summed E-state index contributed by atoms with van der Waals surface area (Å²) in [5.41, 5.74) is 2.97. The zero-order valence-corrected chi connectivity index (χ0v) is 19.8. The molecule has 3 aromatic rings. The van der Waals surface area contributed by atoms with Crippen LogP contribution < -0.4 is 0 Å². The lowest BCUT2D eigenvalue weighted by Gasteiger charge is -2.20. The first kappa shape index (κ1) is 26.8. The molecule has 1 saturated heterocycles. The molecule has 0 aliphatic carbocycles. The second kappa shape index (κ2) is 10.9. The van der Waals surface area contributed by atoms with Gasteiger partial charge in [0.1, 0.15) is 11.5 Å². The quantitative estimate of drug-likeness (QED) is 0.542. The van der Waals surface area contributed by atoms with Crippen LogP contribution in [0.15, 0.2) is 48.9 Å². The topological polar surface area (TPSA) is 91.6 Å². The van der Waals surface area contributed by atoms with E-state index in [-0.39, 0.29) is 11.7 Å². The van der Waals surface area contributed by atoms with E-state index in [0.717, 1.165) is 30.6 Å². The summed E-state index contributed by atoms with van der Waals surface area (Å²) in [5, 5.41) is 7.12. The maximum atomic E-state index is 13.4. The average Bonchev–Trinajstić information content (AvgIpc) is 3.46. The standard InChI is InChI=1S/C22H24FN5O.C2HF3O2/c1-26(2)19-7-8-28(14-19)22(29)20-10-16(13-27(20)3)17-11-24-21(25-12-17)15-5-4-6-18(23)9-15;3-2(4,5)1(6)7/h4-6,9-13,19H,7-8,14H2,1-3H3;(H,6,7). The maximum Gasteiger partial charge on any atom is 0.490 e. The molecule has 1 aromatic carbocycles. The van der Waals surface area contributed by atoms with E-state index in [4.69, 9.17) is 9.90 Å². The second-order valence-electron chi connectivity index (χ2n) is 8.49. The number of hydrogen-bond acceptors (Lipinski definition) is 5. The van der Waals surface area contributed by atoms with Gasteiger partial charge in [0.05, 0.1) is 0 Å². The first-order valence-electron chi connectivity index (χ1n) is 10.9. The minimum atomic E-state index is -5.08. The van der Waals surface area contributed by atoms with Gasteiger partial charge in [-0.05, 0) is 38.7 Å². The van der Waals surface area contributed by atoms with Crippen molar-refractivity contribution in [2.24, 2.45) is 7.05 Å². The number of carbonyl (C=O) groups excluding carboxylic acids is 1. The molecule has 1 fully saturated rings. The van der Waals surface area contributed by atoms with Crippen molar-refractivity contribution in [1.82, 2.24) is 24.3 Å². The molecule has 1 N–H and O–H groups in total. The lowest BCUT2D eigenvalue weighted by atomic mass is 10.1. The van der Waals surface area contributed by atoms with Crippen molar-refractivity contribution in [3.63, 3.8) is 0 Å². The van der Waals surface area contributed by atoms with Crippen LogP contribution in [0.5, 0.6) is 0 Å². The molecule has 1 unspecified atom stereocenters. The first-order valence-corrected chi connectivity index (χ1v) is 10.9. The fraction of sp³-hybridized carbons (Fsp3) is 0.333. The van der Waals surface area contributed by atoms with Crippen molar-refractivity contribution in [1.29, 1.82) is 0 Å². The summed E-state index contributed by atoms with van der Waals surface area (Å²) in [6, 6.07) is 8.49. The number of alkyl halides is 3. The fourth-order valence-corrected chi connectivity index (χ4v) is 3.70. The molecule has 0 spiro atoms. The monoisotopic (exact) mass is 507 g/mol. The van der Waals surface area contributed by atoms with Gasteiger partial charge in [-0.15, -0.1) is 0 Å². The third-order valence-electron chi connectivity index (χ3n) is 5.72. The number of hydrogen-bond donors (Lipinski definition) is 1. The summed E-state index contributed by atoms with van der Waals surface area (Å²) in [5.74, 6) is -2.57. The number of likely N-dealkylation sites (N-methyl/N-ethyl adjacent to an activating group) is 1. The molecule has 0 radical (unpaired) electrons. The molecule has 192 valence electrons. The van der Waals surface area contributed by atoms with Crippen LogP contribution in [0.2, 0.25) is 0 Å². The van der Waals surface area contributed by atoms with Crippen LogP contribution in [0.1, 0.15) is 16.9 Å². The number of carboxylic acids is 1. The average molecular weight is 507 g/mol. The Balaban J connectivity index is 0.000000454. The number of likely N-dealkylation sites (tertiary alicyclic amines) is 1. The zero-order valence-electron chi connectivity index (χ0n) is 19.8. The molecule has 8 nitrogen and oxygen atoms in total. The number of aryl methyl sites for hydroxylation is 1. The van der Waals surface area contributed by atoms with Crippen LogP contribution in [0.3, 0.4) is 0 Å². The van der Waals surface area contributed by atoms with E-state index >= 15 is 0 Å². The van der Waals surface area contributed by atoms with Gasteiger partial charge in [0.2, 0.25) is 0 Å². The minimum Gasteiger partial charge on any atom is -0.475 e. The van der Waals surface area contributed by atoms with E-state index in [0.29, 0.717) is 23.1 Å². The largest absolute Gasteiger partial charge is 0.490 e. The molecule has 3 heterocycles. The van der Waals surface area contributed by atoms with Crippen molar-refractivity contribution >= 4 is 11.9 Å². The summed E-state index contributed by atoms with van der Waals surface area (Å²) < 4.78 is 47.0. The molecule has 1 amide bonds. The highest BCUT2D eigenvalue weighted by molar-refractivity contribution is 5.94. The number of nitrogens with zero attached hydrogens (tertiary/aromatic N) is 5. The molecule has 0 saturated carbocycles. The summed E-state index contributed by atoms with van der Waals surface area (Å²) in [6.07, 6.45) is 1.22. The summed E-state index contributed by atoms with van der Waals surface area (Å²) in [6.45, 7) is 1.52. The molecule has 0 bridgehead atoms. The number of amides is 1. The maximum absolute atomic E-state index is 13.4. The SMILES string of the molecule is CN(C)C1CCN(C(=O)c2cc(-c3cnc(-c4cccc(F)c4)nc3)cn2C)C1.O=C(O)C(F)(F)F. The van der Waals surface area contributed by atoms with Gasteiger partial charge in [-0.25, -0.2) is 19.2 Å². The molecular formula is C24H25F4N5O3. The molecule has 1 aliphatic rings. The van der Waals surface area contributed by atoms with Gasteiger partial charge >= 0.3 is 12.1 Å². The lowest BCUT2D eigenvalue weighted by Crippen LogP contribution is -2.35. The van der Waals surface area contributed by atoms with Gasteiger partial charge in [0.15, 0.2) is 5.82 Å². The van der Waals surface area contributed by atoms with Gasteiger partial charge in [-0.1, -0.05) is 12.1 Å². The Morgan fingerprint density at radius 3 is 2.25 bits per heavy atom.